The van der Waals surface area contributed by atoms with Crippen molar-refractivity contribution in [1.82, 2.24) is 0 Å². The third-order valence-corrected chi connectivity index (χ3v) is 3.02. The van der Waals surface area contributed by atoms with Crippen LogP contribution in [0.2, 0.25) is 10.0 Å². The summed E-state index contributed by atoms with van der Waals surface area (Å²) in [7, 11) is 0. The van der Waals surface area contributed by atoms with Crippen LogP contribution in [0.4, 0.5) is 13.2 Å². The summed E-state index contributed by atoms with van der Waals surface area (Å²) in [5.74, 6) is -0.325. The highest BCUT2D eigenvalue weighted by Crippen LogP contribution is 2.37. The second kappa shape index (κ2) is 5.36. The van der Waals surface area contributed by atoms with Crippen LogP contribution in [0.5, 0.6) is 5.75 Å². The molecule has 0 aromatic heterocycles. The van der Waals surface area contributed by atoms with Gasteiger partial charge in [0.05, 0.1) is 0 Å². The Morgan fingerprint density at radius 3 is 2.06 bits per heavy atom. The molecular weight excluding hydrogens is 276 g/mol. The van der Waals surface area contributed by atoms with Gasteiger partial charge in [-0.25, -0.2) is 0 Å². The van der Waals surface area contributed by atoms with Crippen LogP contribution in [0.1, 0.15) is 31.7 Å². The van der Waals surface area contributed by atoms with E-state index in [1.165, 1.54) is 0 Å². The summed E-state index contributed by atoms with van der Waals surface area (Å²) in [4.78, 5) is 0. The monoisotopic (exact) mass is 286 g/mol. The minimum atomic E-state index is -4.75. The molecule has 0 aliphatic rings. The third kappa shape index (κ3) is 3.96. The molecule has 0 aliphatic carbocycles. The summed E-state index contributed by atoms with van der Waals surface area (Å²) < 4.78 is 39.8. The van der Waals surface area contributed by atoms with Gasteiger partial charge in [0.25, 0.3) is 0 Å². The minimum Gasteiger partial charge on any atom is -0.406 e. The van der Waals surface area contributed by atoms with Gasteiger partial charge in [-0.2, -0.15) is 0 Å². The summed E-state index contributed by atoms with van der Waals surface area (Å²) >= 11 is 11.8. The molecule has 0 aliphatic heterocycles. The number of hydrogen-bond donors (Lipinski definition) is 0. The fourth-order valence-corrected chi connectivity index (χ4v) is 2.27. The van der Waals surface area contributed by atoms with E-state index in [9.17, 15) is 13.2 Å². The van der Waals surface area contributed by atoms with Gasteiger partial charge in [0.15, 0.2) is 0 Å². The first-order valence-electron chi connectivity index (χ1n) is 4.99. The Bertz CT molecular complexity index is 381. The molecular formula is C11H11Cl2F3O. The van der Waals surface area contributed by atoms with Crippen LogP contribution in [-0.2, 0) is 0 Å². The van der Waals surface area contributed by atoms with Gasteiger partial charge in [0, 0.05) is 10.0 Å². The van der Waals surface area contributed by atoms with Crippen molar-refractivity contribution in [3.05, 3.63) is 27.7 Å². The maximum Gasteiger partial charge on any atom is 0.573 e. The lowest BCUT2D eigenvalue weighted by Crippen LogP contribution is -2.17. The molecule has 0 saturated carbocycles. The van der Waals surface area contributed by atoms with E-state index in [0.717, 1.165) is 18.6 Å². The number of alkyl halides is 3. The molecule has 1 nitrogen and oxygen atoms in total. The molecule has 6 heteroatoms. The lowest BCUT2D eigenvalue weighted by atomic mass is 9.98. The van der Waals surface area contributed by atoms with E-state index in [1.807, 2.05) is 13.8 Å². The maximum atomic E-state index is 12.0. The molecule has 17 heavy (non-hydrogen) atoms. The fourth-order valence-electron chi connectivity index (χ4n) is 1.43. The van der Waals surface area contributed by atoms with Gasteiger partial charge in [-0.3, -0.25) is 0 Å². The van der Waals surface area contributed by atoms with Crippen LogP contribution in [0, 0.1) is 0 Å². The largest absolute Gasteiger partial charge is 0.573 e. The van der Waals surface area contributed by atoms with Crippen LogP contribution in [-0.4, -0.2) is 6.36 Å². The zero-order valence-electron chi connectivity index (χ0n) is 9.24. The molecule has 96 valence electrons. The molecule has 1 atom stereocenters. The van der Waals surface area contributed by atoms with Crippen LogP contribution in [0.15, 0.2) is 12.1 Å². The average molecular weight is 287 g/mol. The van der Waals surface area contributed by atoms with Crippen LogP contribution >= 0.6 is 23.2 Å². The summed E-state index contributed by atoms with van der Waals surface area (Å²) in [6, 6.07) is 2.25. The van der Waals surface area contributed by atoms with Crippen molar-refractivity contribution in [1.29, 1.82) is 0 Å². The summed E-state index contributed by atoms with van der Waals surface area (Å²) in [5, 5.41) is 0.372. The quantitative estimate of drug-likeness (QED) is 0.722. The average Bonchev–Trinajstić information content (AvgIpc) is 2.13. The Labute approximate surface area is 107 Å². The van der Waals surface area contributed by atoms with Crippen molar-refractivity contribution in [3.63, 3.8) is 0 Å². The van der Waals surface area contributed by atoms with Gasteiger partial charge in [-0.15, -0.1) is 13.2 Å². The summed E-state index contributed by atoms with van der Waals surface area (Å²) in [6.45, 7) is 3.84. The van der Waals surface area contributed by atoms with Gasteiger partial charge in [-0.05, 0) is 30.0 Å². The molecule has 0 spiro atoms. The highest BCUT2D eigenvalue weighted by atomic mass is 35.5. The number of hydrogen-bond acceptors (Lipinski definition) is 1. The zero-order valence-corrected chi connectivity index (χ0v) is 10.7. The summed E-state index contributed by atoms with van der Waals surface area (Å²) in [6.07, 6.45) is -3.95. The topological polar surface area (TPSA) is 9.23 Å². The molecule has 0 radical (unpaired) electrons. The minimum absolute atomic E-state index is 0.0786. The predicted molar refractivity (Wildman–Crippen MR) is 61.9 cm³/mol. The molecule has 0 bridgehead atoms. The van der Waals surface area contributed by atoms with Crippen molar-refractivity contribution in [2.24, 2.45) is 0 Å². The van der Waals surface area contributed by atoms with Gasteiger partial charge < -0.3 is 4.74 Å². The highest BCUT2D eigenvalue weighted by molar-refractivity contribution is 6.36. The predicted octanol–water partition coefficient (Wildman–Crippen LogP) is 5.41. The van der Waals surface area contributed by atoms with E-state index in [1.54, 1.807) is 0 Å². The smallest absolute Gasteiger partial charge is 0.406 e. The van der Waals surface area contributed by atoms with Crippen LogP contribution in [0.25, 0.3) is 0 Å². The number of benzene rings is 1. The Balaban J connectivity index is 3.10. The lowest BCUT2D eigenvalue weighted by molar-refractivity contribution is -0.274. The molecule has 0 saturated heterocycles. The second-order valence-corrected chi connectivity index (χ2v) is 4.47. The molecule has 0 heterocycles. The molecule has 1 aromatic rings. The molecule has 0 amide bonds. The standard InChI is InChI=1S/C11H11Cl2F3O/c1-3-6(2)10-8(12)4-7(5-9(10)13)17-11(14,15)16/h4-6H,3H2,1-2H3. The van der Waals surface area contributed by atoms with Gasteiger partial charge in [-0.1, -0.05) is 37.0 Å². The second-order valence-electron chi connectivity index (χ2n) is 3.66. The molecule has 1 rings (SSSR count). The van der Waals surface area contributed by atoms with E-state index in [-0.39, 0.29) is 16.0 Å². The molecule has 1 unspecified atom stereocenters. The Hall–Kier alpha value is -0.610. The first-order valence-corrected chi connectivity index (χ1v) is 5.75. The highest BCUT2D eigenvalue weighted by Gasteiger charge is 2.31. The SMILES string of the molecule is CCC(C)c1c(Cl)cc(OC(F)(F)F)cc1Cl. The van der Waals surface area contributed by atoms with Crippen LogP contribution < -0.4 is 4.74 Å². The van der Waals surface area contributed by atoms with E-state index in [0.29, 0.717) is 5.56 Å². The number of rotatable bonds is 3. The van der Waals surface area contributed by atoms with E-state index in [2.05, 4.69) is 4.74 Å². The first-order chi connectivity index (χ1) is 7.74. The first kappa shape index (κ1) is 14.5. The summed E-state index contributed by atoms with van der Waals surface area (Å²) in [5.41, 5.74) is 0.644. The zero-order chi connectivity index (χ0) is 13.2. The van der Waals surface area contributed by atoms with E-state index in [4.69, 9.17) is 23.2 Å². The van der Waals surface area contributed by atoms with Crippen molar-refractivity contribution in [2.75, 3.05) is 0 Å². The molecule has 1 aromatic carbocycles. The van der Waals surface area contributed by atoms with Crippen molar-refractivity contribution < 1.29 is 17.9 Å². The Morgan fingerprint density at radius 2 is 1.71 bits per heavy atom. The van der Waals surface area contributed by atoms with Crippen molar-refractivity contribution in [2.45, 2.75) is 32.5 Å². The molecule has 0 fully saturated rings. The molecule has 0 N–H and O–H groups in total. The van der Waals surface area contributed by atoms with Crippen molar-refractivity contribution in [3.8, 4) is 5.75 Å². The maximum absolute atomic E-state index is 12.0. The van der Waals surface area contributed by atoms with Gasteiger partial charge in [0.1, 0.15) is 5.75 Å². The van der Waals surface area contributed by atoms with Gasteiger partial charge in [0.2, 0.25) is 0 Å². The third-order valence-electron chi connectivity index (χ3n) is 2.39. The van der Waals surface area contributed by atoms with Gasteiger partial charge >= 0.3 is 6.36 Å². The Morgan fingerprint density at radius 1 is 1.24 bits per heavy atom. The Kier molecular flexibility index (Phi) is 4.55. The number of ether oxygens (including phenoxy) is 1. The van der Waals surface area contributed by atoms with Crippen LogP contribution in [0.3, 0.4) is 0 Å². The normalized spacial score (nSPS) is 13.6. The van der Waals surface area contributed by atoms with Crippen molar-refractivity contribution >= 4 is 23.2 Å². The lowest BCUT2D eigenvalue weighted by Gasteiger charge is -2.16. The number of halogens is 5. The van der Waals surface area contributed by atoms with E-state index < -0.39 is 12.1 Å². The fraction of sp³-hybridized carbons (Fsp3) is 0.455. The van der Waals surface area contributed by atoms with E-state index >= 15 is 0 Å².